The van der Waals surface area contributed by atoms with E-state index in [4.69, 9.17) is 10.5 Å². The number of hydrogen-bond donors (Lipinski definition) is 1. The molecule has 1 aromatic rings. The number of nitrogens with two attached hydrogens (primary N) is 1. The Kier molecular flexibility index (Phi) is 3.66. The maximum atomic E-state index is 6.14. The summed E-state index contributed by atoms with van der Waals surface area (Å²) in [5, 5.41) is 0. The molecule has 0 aromatic heterocycles. The summed E-state index contributed by atoms with van der Waals surface area (Å²) in [6, 6.07) is 10.5. The van der Waals surface area contributed by atoms with Gasteiger partial charge in [0.15, 0.2) is 5.96 Å². The molecule has 0 amide bonds. The number of guanidine groups is 1. The average Bonchev–Trinajstić information content (AvgIpc) is 2.79. The van der Waals surface area contributed by atoms with Crippen LogP contribution in [0.2, 0.25) is 0 Å². The molecule has 0 bridgehead atoms. The molecule has 0 unspecified atom stereocenters. The Morgan fingerprint density at radius 1 is 1.30 bits per heavy atom. The Morgan fingerprint density at radius 2 is 2.00 bits per heavy atom. The van der Waals surface area contributed by atoms with Crippen molar-refractivity contribution in [3.63, 3.8) is 0 Å². The molecule has 1 heterocycles. The van der Waals surface area contributed by atoms with Crippen molar-refractivity contribution < 1.29 is 4.74 Å². The van der Waals surface area contributed by atoms with Crippen LogP contribution in [0.5, 0.6) is 0 Å². The van der Waals surface area contributed by atoms with Crippen molar-refractivity contribution in [2.75, 3.05) is 13.7 Å². The average molecular weight is 273 g/mol. The zero-order valence-corrected chi connectivity index (χ0v) is 12.1. The molecule has 1 aromatic carbocycles. The van der Waals surface area contributed by atoms with Crippen LogP contribution < -0.4 is 5.73 Å². The highest BCUT2D eigenvalue weighted by Crippen LogP contribution is 2.38. The second-order valence-electron chi connectivity index (χ2n) is 5.91. The topological polar surface area (TPSA) is 50.9 Å². The normalized spacial score (nSPS) is 29.8. The standard InChI is InChI=1S/C16H23N3O/c1-20-14-7-9-16(10-8-14)12-18-15(17)19(16)11-13-5-3-2-4-6-13/h2-6,14H,7-12H2,1H3,(H2,17,18). The first-order valence-electron chi connectivity index (χ1n) is 7.38. The summed E-state index contributed by atoms with van der Waals surface area (Å²) < 4.78 is 5.49. The number of hydrogen-bond acceptors (Lipinski definition) is 4. The van der Waals surface area contributed by atoms with Crippen molar-refractivity contribution in [1.82, 2.24) is 4.90 Å². The Balaban J connectivity index is 1.75. The molecule has 4 heteroatoms. The number of aliphatic imine (C=N–C) groups is 1. The van der Waals surface area contributed by atoms with Gasteiger partial charge < -0.3 is 15.4 Å². The van der Waals surface area contributed by atoms with Crippen molar-refractivity contribution in [2.24, 2.45) is 10.7 Å². The lowest BCUT2D eigenvalue weighted by atomic mass is 9.79. The van der Waals surface area contributed by atoms with Gasteiger partial charge in [0, 0.05) is 13.7 Å². The van der Waals surface area contributed by atoms with E-state index >= 15 is 0 Å². The third-order valence-corrected chi connectivity index (χ3v) is 4.76. The van der Waals surface area contributed by atoms with Crippen molar-refractivity contribution in [3.05, 3.63) is 35.9 Å². The smallest absolute Gasteiger partial charge is 0.192 e. The van der Waals surface area contributed by atoms with Gasteiger partial charge in [-0.1, -0.05) is 30.3 Å². The molecule has 1 spiro atoms. The molecular weight excluding hydrogens is 250 g/mol. The van der Waals surface area contributed by atoms with E-state index in [-0.39, 0.29) is 5.54 Å². The molecule has 1 aliphatic carbocycles. The lowest BCUT2D eigenvalue weighted by Gasteiger charge is -2.44. The highest BCUT2D eigenvalue weighted by molar-refractivity contribution is 5.81. The van der Waals surface area contributed by atoms with Gasteiger partial charge in [0.2, 0.25) is 0 Å². The molecule has 2 aliphatic rings. The predicted molar refractivity (Wildman–Crippen MR) is 80.5 cm³/mol. The maximum absolute atomic E-state index is 6.14. The Bertz CT molecular complexity index is 478. The lowest BCUT2D eigenvalue weighted by molar-refractivity contribution is 0.0214. The predicted octanol–water partition coefficient (Wildman–Crippen LogP) is 2.14. The van der Waals surface area contributed by atoms with Gasteiger partial charge in [0.25, 0.3) is 0 Å². The lowest BCUT2D eigenvalue weighted by Crippen LogP contribution is -2.53. The van der Waals surface area contributed by atoms with E-state index < -0.39 is 0 Å². The first kappa shape index (κ1) is 13.4. The van der Waals surface area contributed by atoms with E-state index in [2.05, 4.69) is 34.2 Å². The van der Waals surface area contributed by atoms with E-state index in [1.807, 2.05) is 13.2 Å². The van der Waals surface area contributed by atoms with Gasteiger partial charge in [-0.2, -0.15) is 0 Å². The summed E-state index contributed by atoms with van der Waals surface area (Å²) in [6.07, 6.45) is 4.83. The van der Waals surface area contributed by atoms with Crippen LogP contribution in [0.25, 0.3) is 0 Å². The highest BCUT2D eigenvalue weighted by atomic mass is 16.5. The molecule has 20 heavy (non-hydrogen) atoms. The van der Waals surface area contributed by atoms with Crippen LogP contribution in [-0.2, 0) is 11.3 Å². The van der Waals surface area contributed by atoms with Gasteiger partial charge in [-0.25, -0.2) is 0 Å². The zero-order valence-electron chi connectivity index (χ0n) is 12.1. The van der Waals surface area contributed by atoms with Crippen LogP contribution >= 0.6 is 0 Å². The third kappa shape index (κ3) is 2.40. The summed E-state index contributed by atoms with van der Waals surface area (Å²) in [5.41, 5.74) is 7.56. The molecule has 1 fully saturated rings. The highest BCUT2D eigenvalue weighted by Gasteiger charge is 2.44. The van der Waals surface area contributed by atoms with Gasteiger partial charge in [0.1, 0.15) is 0 Å². The van der Waals surface area contributed by atoms with Gasteiger partial charge in [-0.15, -0.1) is 0 Å². The molecule has 1 saturated carbocycles. The zero-order chi connectivity index (χ0) is 14.0. The minimum Gasteiger partial charge on any atom is -0.381 e. The largest absolute Gasteiger partial charge is 0.381 e. The Hall–Kier alpha value is -1.55. The van der Waals surface area contributed by atoms with Crippen LogP contribution in [0.4, 0.5) is 0 Å². The summed E-state index contributed by atoms with van der Waals surface area (Å²) >= 11 is 0. The van der Waals surface area contributed by atoms with E-state index in [1.54, 1.807) is 0 Å². The summed E-state index contributed by atoms with van der Waals surface area (Å²) in [6.45, 7) is 1.69. The molecular formula is C16H23N3O. The molecule has 0 atom stereocenters. The maximum Gasteiger partial charge on any atom is 0.192 e. The number of rotatable bonds is 3. The van der Waals surface area contributed by atoms with Crippen LogP contribution in [-0.4, -0.2) is 36.2 Å². The summed E-state index contributed by atoms with van der Waals surface area (Å²) in [4.78, 5) is 6.83. The van der Waals surface area contributed by atoms with Crippen LogP contribution in [0.15, 0.2) is 35.3 Å². The van der Waals surface area contributed by atoms with E-state index in [0.717, 1.165) is 38.8 Å². The number of methoxy groups -OCH3 is 1. The molecule has 3 rings (SSSR count). The first-order chi connectivity index (χ1) is 9.73. The monoisotopic (exact) mass is 273 g/mol. The fraction of sp³-hybridized carbons (Fsp3) is 0.562. The minimum atomic E-state index is 0.120. The summed E-state index contributed by atoms with van der Waals surface area (Å²) in [5.74, 6) is 0.699. The van der Waals surface area contributed by atoms with Crippen molar-refractivity contribution >= 4 is 5.96 Å². The van der Waals surface area contributed by atoms with Crippen molar-refractivity contribution in [1.29, 1.82) is 0 Å². The van der Waals surface area contributed by atoms with Gasteiger partial charge in [-0.3, -0.25) is 4.99 Å². The Labute approximate surface area is 120 Å². The molecule has 0 radical (unpaired) electrons. The minimum absolute atomic E-state index is 0.120. The van der Waals surface area contributed by atoms with E-state index in [9.17, 15) is 0 Å². The second-order valence-corrected chi connectivity index (χ2v) is 5.91. The van der Waals surface area contributed by atoms with E-state index in [0.29, 0.717) is 12.1 Å². The molecule has 1 aliphatic heterocycles. The Morgan fingerprint density at radius 3 is 2.65 bits per heavy atom. The fourth-order valence-corrected chi connectivity index (χ4v) is 3.45. The van der Waals surface area contributed by atoms with Gasteiger partial charge in [0.05, 0.1) is 18.2 Å². The quantitative estimate of drug-likeness (QED) is 0.918. The second kappa shape index (κ2) is 5.44. The van der Waals surface area contributed by atoms with Gasteiger partial charge in [-0.05, 0) is 31.2 Å². The number of benzene rings is 1. The SMILES string of the molecule is COC1CCC2(CC1)CN=C(N)N2Cc1ccccc1. The number of ether oxygens (including phenoxy) is 1. The van der Waals surface area contributed by atoms with Crippen LogP contribution in [0.3, 0.4) is 0 Å². The summed E-state index contributed by atoms with van der Waals surface area (Å²) in [7, 11) is 1.81. The number of nitrogens with zero attached hydrogens (tertiary/aromatic N) is 2. The van der Waals surface area contributed by atoms with Crippen molar-refractivity contribution in [3.8, 4) is 0 Å². The van der Waals surface area contributed by atoms with Crippen molar-refractivity contribution in [2.45, 2.75) is 43.9 Å². The van der Waals surface area contributed by atoms with Crippen LogP contribution in [0, 0.1) is 0 Å². The fourth-order valence-electron chi connectivity index (χ4n) is 3.45. The van der Waals surface area contributed by atoms with E-state index in [1.165, 1.54) is 5.56 Å². The molecule has 108 valence electrons. The molecule has 0 saturated heterocycles. The third-order valence-electron chi connectivity index (χ3n) is 4.76. The molecule has 2 N–H and O–H groups in total. The molecule has 4 nitrogen and oxygen atoms in total. The first-order valence-corrected chi connectivity index (χ1v) is 7.38. The van der Waals surface area contributed by atoms with Crippen LogP contribution in [0.1, 0.15) is 31.2 Å². The van der Waals surface area contributed by atoms with Gasteiger partial charge >= 0.3 is 0 Å².